The number of hydrogen-bond acceptors (Lipinski definition) is 4. The zero-order valence-electron chi connectivity index (χ0n) is 12.7. The van der Waals surface area contributed by atoms with Crippen molar-refractivity contribution in [1.82, 2.24) is 10.2 Å². The van der Waals surface area contributed by atoms with Gasteiger partial charge in [0.15, 0.2) is 24.7 Å². The highest BCUT2D eigenvalue weighted by atomic mass is 19.4. The fraction of sp³-hybridized carbons (Fsp3) is 0.533. The summed E-state index contributed by atoms with van der Waals surface area (Å²) in [6.07, 6.45) is -4.43. The standard InChI is InChI=1S/C15H19F3N2O3/c1-11-8-19-6-7-20(11)14(21)9-22-12-4-2-3-5-13(12)23-10-15(16,17)18/h2-5,11,19H,6-10H2,1H3. The molecule has 0 bridgehead atoms. The minimum atomic E-state index is -4.43. The van der Waals surface area contributed by atoms with Crippen LogP contribution in [0.5, 0.6) is 11.5 Å². The maximum Gasteiger partial charge on any atom is 0.422 e. The molecule has 23 heavy (non-hydrogen) atoms. The molecule has 5 nitrogen and oxygen atoms in total. The molecule has 1 unspecified atom stereocenters. The summed E-state index contributed by atoms with van der Waals surface area (Å²) in [7, 11) is 0. The number of carbonyl (C=O) groups excluding carboxylic acids is 1. The molecule has 2 rings (SSSR count). The third kappa shape index (κ3) is 5.31. The van der Waals surface area contributed by atoms with Gasteiger partial charge in [-0.3, -0.25) is 4.79 Å². The van der Waals surface area contributed by atoms with E-state index in [1.54, 1.807) is 17.0 Å². The molecule has 1 aliphatic rings. The smallest absolute Gasteiger partial charge is 0.422 e. The second-order valence-electron chi connectivity index (χ2n) is 5.28. The third-order valence-corrected chi connectivity index (χ3v) is 3.41. The van der Waals surface area contributed by atoms with Crippen molar-refractivity contribution in [2.45, 2.75) is 19.1 Å². The number of para-hydroxylation sites is 2. The first-order valence-electron chi connectivity index (χ1n) is 7.28. The molecular weight excluding hydrogens is 313 g/mol. The molecule has 0 radical (unpaired) electrons. The molecule has 8 heteroatoms. The highest BCUT2D eigenvalue weighted by Gasteiger charge is 2.29. The van der Waals surface area contributed by atoms with Crippen molar-refractivity contribution in [3.05, 3.63) is 24.3 Å². The van der Waals surface area contributed by atoms with E-state index in [2.05, 4.69) is 5.32 Å². The highest BCUT2D eigenvalue weighted by Crippen LogP contribution is 2.28. The quantitative estimate of drug-likeness (QED) is 0.894. The lowest BCUT2D eigenvalue weighted by Gasteiger charge is -2.33. The van der Waals surface area contributed by atoms with Crippen LogP contribution in [0.3, 0.4) is 0 Å². The second kappa shape index (κ2) is 7.54. The van der Waals surface area contributed by atoms with Crippen LogP contribution in [0, 0.1) is 0 Å². The molecule has 1 saturated heterocycles. The molecule has 1 aromatic rings. The fourth-order valence-electron chi connectivity index (χ4n) is 2.28. The molecule has 0 spiro atoms. The molecule has 1 fully saturated rings. The van der Waals surface area contributed by atoms with Crippen molar-refractivity contribution in [2.24, 2.45) is 0 Å². The van der Waals surface area contributed by atoms with Gasteiger partial charge in [0.1, 0.15) is 0 Å². The number of alkyl halides is 3. The van der Waals surface area contributed by atoms with E-state index in [0.717, 1.165) is 0 Å². The molecule has 0 aliphatic carbocycles. The summed E-state index contributed by atoms with van der Waals surface area (Å²) in [5.74, 6) is -0.122. The Bertz CT molecular complexity index is 537. The first-order valence-corrected chi connectivity index (χ1v) is 7.28. The van der Waals surface area contributed by atoms with Gasteiger partial charge >= 0.3 is 6.18 Å². The van der Waals surface area contributed by atoms with Gasteiger partial charge in [-0.05, 0) is 19.1 Å². The summed E-state index contributed by atoms with van der Waals surface area (Å²) in [5.41, 5.74) is 0. The van der Waals surface area contributed by atoms with Crippen molar-refractivity contribution in [1.29, 1.82) is 0 Å². The summed E-state index contributed by atoms with van der Waals surface area (Å²) < 4.78 is 46.8. The van der Waals surface area contributed by atoms with Gasteiger partial charge in [0.2, 0.25) is 0 Å². The van der Waals surface area contributed by atoms with Crippen LogP contribution >= 0.6 is 0 Å². The van der Waals surface area contributed by atoms with Crippen molar-refractivity contribution in [2.75, 3.05) is 32.8 Å². The van der Waals surface area contributed by atoms with Crippen LogP contribution in [0.2, 0.25) is 0 Å². The summed E-state index contributed by atoms with van der Waals surface area (Å²) in [6, 6.07) is 6.04. The van der Waals surface area contributed by atoms with Crippen molar-refractivity contribution >= 4 is 5.91 Å². The van der Waals surface area contributed by atoms with Gasteiger partial charge in [-0.2, -0.15) is 13.2 Å². The average molecular weight is 332 g/mol. The predicted octanol–water partition coefficient (Wildman–Crippen LogP) is 1.83. The topological polar surface area (TPSA) is 50.8 Å². The fourth-order valence-corrected chi connectivity index (χ4v) is 2.28. The number of halogens is 3. The minimum absolute atomic E-state index is 0.0361. The number of carbonyl (C=O) groups is 1. The second-order valence-corrected chi connectivity index (χ2v) is 5.28. The Labute approximate surface area is 132 Å². The van der Waals surface area contributed by atoms with Crippen molar-refractivity contribution < 1.29 is 27.4 Å². The van der Waals surface area contributed by atoms with E-state index >= 15 is 0 Å². The lowest BCUT2D eigenvalue weighted by Crippen LogP contribution is -2.53. The van der Waals surface area contributed by atoms with Gasteiger partial charge in [0.25, 0.3) is 5.91 Å². The Kier molecular flexibility index (Phi) is 5.70. The number of ether oxygens (including phenoxy) is 2. The number of benzene rings is 1. The van der Waals surface area contributed by atoms with Gasteiger partial charge in [-0.15, -0.1) is 0 Å². The Hall–Kier alpha value is -1.96. The van der Waals surface area contributed by atoms with E-state index < -0.39 is 12.8 Å². The molecule has 128 valence electrons. The van der Waals surface area contributed by atoms with Gasteiger partial charge in [0.05, 0.1) is 0 Å². The Morgan fingerprint density at radius 1 is 1.30 bits per heavy atom. The first-order chi connectivity index (χ1) is 10.9. The van der Waals surface area contributed by atoms with E-state index in [1.165, 1.54) is 12.1 Å². The molecule has 0 saturated carbocycles. The number of nitrogens with one attached hydrogen (secondary N) is 1. The number of hydrogen-bond donors (Lipinski definition) is 1. The third-order valence-electron chi connectivity index (χ3n) is 3.41. The van der Waals surface area contributed by atoms with E-state index in [0.29, 0.717) is 19.6 Å². The Morgan fingerprint density at radius 3 is 2.57 bits per heavy atom. The van der Waals surface area contributed by atoms with Gasteiger partial charge in [-0.1, -0.05) is 12.1 Å². The molecular formula is C15H19F3N2O3. The van der Waals surface area contributed by atoms with Crippen LogP contribution < -0.4 is 14.8 Å². The van der Waals surface area contributed by atoms with Crippen LogP contribution in [0.25, 0.3) is 0 Å². The number of amides is 1. The minimum Gasteiger partial charge on any atom is -0.480 e. The zero-order valence-corrected chi connectivity index (χ0v) is 12.7. The monoisotopic (exact) mass is 332 g/mol. The maximum atomic E-state index is 12.2. The summed E-state index contributed by atoms with van der Waals surface area (Å²) in [6.45, 7) is 2.27. The maximum absolute atomic E-state index is 12.2. The highest BCUT2D eigenvalue weighted by molar-refractivity contribution is 5.78. The van der Waals surface area contributed by atoms with Gasteiger partial charge in [0, 0.05) is 25.7 Å². The van der Waals surface area contributed by atoms with E-state index in [4.69, 9.17) is 9.47 Å². The summed E-state index contributed by atoms with van der Waals surface area (Å²) >= 11 is 0. The molecule has 1 amide bonds. The molecule has 1 heterocycles. The molecule has 1 N–H and O–H groups in total. The van der Waals surface area contributed by atoms with Crippen LogP contribution in [0.1, 0.15) is 6.92 Å². The van der Waals surface area contributed by atoms with Gasteiger partial charge in [-0.25, -0.2) is 0 Å². The molecule has 1 atom stereocenters. The van der Waals surface area contributed by atoms with E-state index in [9.17, 15) is 18.0 Å². The van der Waals surface area contributed by atoms with Crippen LogP contribution in [0.15, 0.2) is 24.3 Å². The molecule has 1 aromatic carbocycles. The molecule has 1 aliphatic heterocycles. The van der Waals surface area contributed by atoms with E-state index in [-0.39, 0.29) is 30.1 Å². The lowest BCUT2D eigenvalue weighted by atomic mass is 10.2. The summed E-state index contributed by atoms with van der Waals surface area (Å²) in [5, 5.41) is 3.17. The van der Waals surface area contributed by atoms with Crippen LogP contribution in [-0.2, 0) is 4.79 Å². The lowest BCUT2D eigenvalue weighted by molar-refractivity contribution is -0.153. The van der Waals surface area contributed by atoms with Gasteiger partial charge < -0.3 is 19.7 Å². The van der Waals surface area contributed by atoms with Crippen LogP contribution in [-0.4, -0.2) is 55.9 Å². The Balaban J connectivity index is 1.93. The first kappa shape index (κ1) is 17.4. The molecule has 0 aromatic heterocycles. The number of piperazine rings is 1. The normalized spacial score (nSPS) is 18.6. The van der Waals surface area contributed by atoms with E-state index in [1.807, 2.05) is 6.92 Å². The average Bonchev–Trinajstić information content (AvgIpc) is 2.51. The Morgan fingerprint density at radius 2 is 1.96 bits per heavy atom. The van der Waals surface area contributed by atoms with Crippen LogP contribution in [0.4, 0.5) is 13.2 Å². The van der Waals surface area contributed by atoms with Crippen molar-refractivity contribution in [3.8, 4) is 11.5 Å². The largest absolute Gasteiger partial charge is 0.480 e. The zero-order chi connectivity index (χ0) is 16.9. The number of nitrogens with zero attached hydrogens (tertiary/aromatic N) is 1. The summed E-state index contributed by atoms with van der Waals surface area (Å²) in [4.78, 5) is 13.9. The number of rotatable bonds is 5. The van der Waals surface area contributed by atoms with Crippen molar-refractivity contribution in [3.63, 3.8) is 0 Å². The SMILES string of the molecule is CC1CNCCN1C(=O)COc1ccccc1OCC(F)(F)F. The predicted molar refractivity (Wildman–Crippen MR) is 77.5 cm³/mol.